The van der Waals surface area contributed by atoms with Crippen LogP contribution in [0.25, 0.3) is 0 Å². The molecule has 0 radical (unpaired) electrons. The topological polar surface area (TPSA) is 49.9 Å². The van der Waals surface area contributed by atoms with Gasteiger partial charge in [0.1, 0.15) is 5.60 Å². The molecule has 3 fully saturated rings. The van der Waals surface area contributed by atoms with E-state index in [1.54, 1.807) is 0 Å². The fraction of sp³-hybridized carbons (Fsp3) is 0.882. The zero-order valence-electron chi connectivity index (χ0n) is 14.3. The van der Waals surface area contributed by atoms with Crippen molar-refractivity contribution in [2.75, 3.05) is 12.4 Å². The molecule has 3 aliphatic heterocycles. The van der Waals surface area contributed by atoms with Crippen molar-refractivity contribution in [3.05, 3.63) is 0 Å². The SMILES string of the molecule is CC(C)(C)OC(=O)N1[C@@H]2CC[C@H]1CC(N1CC(CCl)CC1=O)C2. The average molecular weight is 343 g/mol. The minimum absolute atomic E-state index is 0.199. The fourth-order valence-electron chi connectivity index (χ4n) is 4.28. The Balaban J connectivity index is 1.65. The van der Waals surface area contributed by atoms with E-state index >= 15 is 0 Å². The number of amides is 2. The zero-order chi connectivity index (χ0) is 16.8. The number of ether oxygens (including phenoxy) is 1. The molecule has 0 saturated carbocycles. The predicted molar refractivity (Wildman–Crippen MR) is 88.4 cm³/mol. The van der Waals surface area contributed by atoms with Crippen molar-refractivity contribution in [1.29, 1.82) is 0 Å². The van der Waals surface area contributed by atoms with E-state index in [1.807, 2.05) is 30.6 Å². The summed E-state index contributed by atoms with van der Waals surface area (Å²) in [5, 5.41) is 0. The van der Waals surface area contributed by atoms with E-state index in [9.17, 15) is 9.59 Å². The molecule has 0 N–H and O–H groups in total. The molecule has 3 rings (SSSR count). The van der Waals surface area contributed by atoms with Crippen LogP contribution in [0.1, 0.15) is 52.9 Å². The van der Waals surface area contributed by atoms with Gasteiger partial charge in [0.15, 0.2) is 0 Å². The van der Waals surface area contributed by atoms with Gasteiger partial charge < -0.3 is 14.5 Å². The van der Waals surface area contributed by atoms with Crippen LogP contribution in [-0.2, 0) is 9.53 Å². The number of fused-ring (bicyclic) bond motifs is 2. The Morgan fingerprint density at radius 3 is 2.30 bits per heavy atom. The number of carbonyl (C=O) groups is 2. The lowest BCUT2D eigenvalue weighted by Gasteiger charge is -2.42. The van der Waals surface area contributed by atoms with Crippen LogP contribution in [0.2, 0.25) is 0 Å². The quantitative estimate of drug-likeness (QED) is 0.725. The summed E-state index contributed by atoms with van der Waals surface area (Å²) < 4.78 is 5.56. The van der Waals surface area contributed by atoms with Gasteiger partial charge in [-0.15, -0.1) is 11.6 Å². The summed E-state index contributed by atoms with van der Waals surface area (Å²) in [5.74, 6) is 1.06. The Labute approximate surface area is 143 Å². The Morgan fingerprint density at radius 2 is 1.83 bits per heavy atom. The van der Waals surface area contributed by atoms with Gasteiger partial charge in [0.25, 0.3) is 0 Å². The average Bonchev–Trinajstić information content (AvgIpc) is 2.95. The molecule has 3 aliphatic rings. The smallest absolute Gasteiger partial charge is 0.410 e. The number of piperidine rings is 1. The minimum atomic E-state index is -0.466. The van der Waals surface area contributed by atoms with Crippen LogP contribution >= 0.6 is 11.6 Å². The van der Waals surface area contributed by atoms with Crippen LogP contribution in [0.5, 0.6) is 0 Å². The molecule has 3 saturated heterocycles. The van der Waals surface area contributed by atoms with Crippen molar-refractivity contribution in [3.8, 4) is 0 Å². The van der Waals surface area contributed by atoms with E-state index in [2.05, 4.69) is 0 Å². The third kappa shape index (κ3) is 3.44. The molecule has 2 bridgehead atoms. The van der Waals surface area contributed by atoms with Gasteiger partial charge in [-0.3, -0.25) is 4.79 Å². The van der Waals surface area contributed by atoms with Crippen LogP contribution in [0.15, 0.2) is 0 Å². The Morgan fingerprint density at radius 1 is 1.22 bits per heavy atom. The number of hydrogen-bond donors (Lipinski definition) is 0. The first kappa shape index (κ1) is 16.9. The second-order valence-electron chi connectivity index (χ2n) is 8.17. The standard InChI is InChI=1S/C17H27ClN2O3/c1-17(2,3)23-16(22)20-12-4-5-13(20)8-14(7-12)19-10-11(9-18)6-15(19)21/h11-14H,4-10H2,1-3H3/t11?,12-,13+,14?. The number of halogens is 1. The first-order valence-corrected chi connectivity index (χ1v) is 9.18. The summed E-state index contributed by atoms with van der Waals surface area (Å²) in [6.45, 7) is 6.47. The minimum Gasteiger partial charge on any atom is -0.444 e. The molecule has 3 heterocycles. The largest absolute Gasteiger partial charge is 0.444 e. The molecule has 130 valence electrons. The van der Waals surface area contributed by atoms with Gasteiger partial charge in [0.05, 0.1) is 0 Å². The summed E-state index contributed by atoms with van der Waals surface area (Å²) in [6, 6.07) is 0.666. The van der Waals surface area contributed by atoms with Crippen molar-refractivity contribution in [1.82, 2.24) is 9.80 Å². The van der Waals surface area contributed by atoms with Gasteiger partial charge >= 0.3 is 6.09 Å². The first-order chi connectivity index (χ1) is 10.8. The second-order valence-corrected chi connectivity index (χ2v) is 8.48. The van der Waals surface area contributed by atoms with Crippen molar-refractivity contribution in [2.24, 2.45) is 5.92 Å². The highest BCUT2D eigenvalue weighted by molar-refractivity contribution is 6.18. The van der Waals surface area contributed by atoms with Crippen molar-refractivity contribution < 1.29 is 14.3 Å². The van der Waals surface area contributed by atoms with Crippen LogP contribution in [0.4, 0.5) is 4.79 Å². The van der Waals surface area contributed by atoms with Crippen LogP contribution in [-0.4, -0.2) is 58.0 Å². The Kier molecular flexibility index (Phi) is 4.51. The lowest BCUT2D eigenvalue weighted by Crippen LogP contribution is -2.53. The van der Waals surface area contributed by atoms with Gasteiger partial charge in [0, 0.05) is 37.0 Å². The summed E-state index contributed by atoms with van der Waals surface area (Å²) in [4.78, 5) is 28.7. The lowest BCUT2D eigenvalue weighted by molar-refractivity contribution is -0.130. The highest BCUT2D eigenvalue weighted by Crippen LogP contribution is 2.40. The molecule has 0 aromatic rings. The molecular weight excluding hydrogens is 316 g/mol. The van der Waals surface area contributed by atoms with Crippen LogP contribution in [0, 0.1) is 5.92 Å². The number of carbonyl (C=O) groups excluding carboxylic acids is 2. The van der Waals surface area contributed by atoms with E-state index in [-0.39, 0.29) is 36.0 Å². The molecule has 23 heavy (non-hydrogen) atoms. The van der Waals surface area contributed by atoms with E-state index in [0.29, 0.717) is 12.3 Å². The first-order valence-electron chi connectivity index (χ1n) is 8.65. The number of nitrogens with zero attached hydrogens (tertiary/aromatic N) is 2. The second kappa shape index (κ2) is 6.15. The van der Waals surface area contributed by atoms with Crippen LogP contribution < -0.4 is 0 Å². The summed E-state index contributed by atoms with van der Waals surface area (Å²) >= 11 is 5.92. The monoisotopic (exact) mass is 342 g/mol. The van der Waals surface area contributed by atoms with E-state index in [0.717, 1.165) is 32.2 Å². The number of hydrogen-bond acceptors (Lipinski definition) is 3. The molecule has 6 heteroatoms. The maximum absolute atomic E-state index is 12.5. The molecule has 2 amide bonds. The maximum atomic E-state index is 12.5. The van der Waals surface area contributed by atoms with Gasteiger partial charge in [-0.25, -0.2) is 4.79 Å². The summed E-state index contributed by atoms with van der Waals surface area (Å²) in [5.41, 5.74) is -0.466. The van der Waals surface area contributed by atoms with Crippen LogP contribution in [0.3, 0.4) is 0 Å². The van der Waals surface area contributed by atoms with Crippen molar-refractivity contribution in [3.63, 3.8) is 0 Å². The van der Waals surface area contributed by atoms with E-state index in [4.69, 9.17) is 16.3 Å². The van der Waals surface area contributed by atoms with E-state index in [1.165, 1.54) is 0 Å². The highest BCUT2D eigenvalue weighted by atomic mass is 35.5. The molecule has 0 aromatic heterocycles. The molecular formula is C17H27ClN2O3. The van der Waals surface area contributed by atoms with Gasteiger partial charge in [-0.05, 0) is 52.4 Å². The molecule has 0 spiro atoms. The third-order valence-corrected chi connectivity index (χ3v) is 5.65. The summed E-state index contributed by atoms with van der Waals surface area (Å²) in [6.07, 6.45) is 4.15. The Bertz CT molecular complexity index is 477. The predicted octanol–water partition coefficient (Wildman–Crippen LogP) is 3.00. The molecule has 5 nitrogen and oxygen atoms in total. The number of likely N-dealkylation sites (tertiary alicyclic amines) is 1. The third-order valence-electron chi connectivity index (χ3n) is 5.21. The Hall–Kier alpha value is -0.970. The number of alkyl halides is 1. The summed E-state index contributed by atoms with van der Waals surface area (Å²) in [7, 11) is 0. The normalized spacial score (nSPS) is 34.2. The van der Waals surface area contributed by atoms with E-state index < -0.39 is 5.60 Å². The highest BCUT2D eigenvalue weighted by Gasteiger charge is 2.48. The van der Waals surface area contributed by atoms with Gasteiger partial charge in [-0.1, -0.05) is 0 Å². The number of rotatable bonds is 2. The maximum Gasteiger partial charge on any atom is 0.410 e. The molecule has 2 unspecified atom stereocenters. The molecule has 4 atom stereocenters. The zero-order valence-corrected chi connectivity index (χ0v) is 15.0. The molecule has 0 aromatic carbocycles. The van der Waals surface area contributed by atoms with Gasteiger partial charge in [0.2, 0.25) is 5.91 Å². The van der Waals surface area contributed by atoms with Crippen molar-refractivity contribution >= 4 is 23.6 Å². The fourth-order valence-corrected chi connectivity index (χ4v) is 4.49. The lowest BCUT2D eigenvalue weighted by atomic mass is 9.96. The molecule has 0 aliphatic carbocycles. The van der Waals surface area contributed by atoms with Crippen molar-refractivity contribution in [2.45, 2.75) is 76.6 Å². The van der Waals surface area contributed by atoms with Gasteiger partial charge in [-0.2, -0.15) is 0 Å².